The Morgan fingerprint density at radius 3 is 2.80 bits per heavy atom. The average Bonchev–Trinajstić information content (AvgIpc) is 3.12. The summed E-state index contributed by atoms with van der Waals surface area (Å²) >= 11 is 0. The lowest BCUT2D eigenvalue weighted by atomic mass is 10.0. The monoisotopic (exact) mass is 339 g/mol. The number of likely N-dealkylation sites (tertiary alicyclic amines) is 1. The highest BCUT2D eigenvalue weighted by Crippen LogP contribution is 2.49. The normalized spacial score (nSPS) is 25.2. The highest BCUT2D eigenvalue weighted by molar-refractivity contribution is 5.83. The molecule has 1 saturated carbocycles. The molecule has 1 saturated heterocycles. The Bertz CT molecular complexity index is 753. The molecule has 1 aromatic carbocycles. The molecular formula is C20H25N3O2. The second-order valence-electron chi connectivity index (χ2n) is 7.39. The first-order valence-electron chi connectivity index (χ1n) is 9.04. The van der Waals surface area contributed by atoms with Crippen LogP contribution >= 0.6 is 0 Å². The van der Waals surface area contributed by atoms with Crippen LogP contribution in [0.1, 0.15) is 29.9 Å². The van der Waals surface area contributed by atoms with Crippen LogP contribution in [0.4, 0.5) is 0 Å². The van der Waals surface area contributed by atoms with E-state index >= 15 is 0 Å². The molecule has 132 valence electrons. The van der Waals surface area contributed by atoms with Crippen molar-refractivity contribution in [1.29, 1.82) is 0 Å². The van der Waals surface area contributed by atoms with Gasteiger partial charge in [-0.1, -0.05) is 12.1 Å². The lowest BCUT2D eigenvalue weighted by Gasteiger charge is -2.16. The van der Waals surface area contributed by atoms with Gasteiger partial charge < -0.3 is 9.64 Å². The first-order chi connectivity index (χ1) is 12.1. The quantitative estimate of drug-likeness (QED) is 0.841. The van der Waals surface area contributed by atoms with Crippen molar-refractivity contribution in [2.45, 2.75) is 25.2 Å². The molecule has 1 amide bonds. The predicted octanol–water partition coefficient (Wildman–Crippen LogP) is 2.62. The van der Waals surface area contributed by atoms with Crippen molar-refractivity contribution in [2.75, 3.05) is 20.2 Å². The molecule has 2 aromatic rings. The molecule has 1 aliphatic heterocycles. The number of methoxy groups -OCH3 is 1. The fraction of sp³-hybridized carbons (Fsp3) is 0.500. The van der Waals surface area contributed by atoms with Gasteiger partial charge in [0.25, 0.3) is 0 Å². The Labute approximate surface area is 148 Å². The molecule has 0 bridgehead atoms. The summed E-state index contributed by atoms with van der Waals surface area (Å²) in [5, 5.41) is 4.23. The van der Waals surface area contributed by atoms with Crippen LogP contribution in [0.25, 0.3) is 0 Å². The molecule has 0 unspecified atom stereocenters. The van der Waals surface area contributed by atoms with E-state index in [0.717, 1.165) is 38.1 Å². The Kier molecular flexibility index (Phi) is 4.24. The summed E-state index contributed by atoms with van der Waals surface area (Å²) in [6.45, 7) is 1.79. The fourth-order valence-electron chi connectivity index (χ4n) is 4.03. The summed E-state index contributed by atoms with van der Waals surface area (Å²) in [6.07, 6.45) is 7.11. The van der Waals surface area contributed by atoms with Crippen molar-refractivity contribution in [3.63, 3.8) is 0 Å². The molecule has 25 heavy (non-hydrogen) atoms. The van der Waals surface area contributed by atoms with Crippen LogP contribution in [0, 0.1) is 11.8 Å². The number of nitrogens with zero attached hydrogens (tertiary/aromatic N) is 3. The molecular weight excluding hydrogens is 314 g/mol. The zero-order valence-electron chi connectivity index (χ0n) is 14.9. The van der Waals surface area contributed by atoms with Gasteiger partial charge in [0, 0.05) is 32.3 Å². The van der Waals surface area contributed by atoms with E-state index in [9.17, 15) is 4.79 Å². The maximum Gasteiger partial charge on any atom is 0.226 e. The van der Waals surface area contributed by atoms with Crippen molar-refractivity contribution in [2.24, 2.45) is 18.9 Å². The van der Waals surface area contributed by atoms with E-state index in [4.69, 9.17) is 4.74 Å². The van der Waals surface area contributed by atoms with Gasteiger partial charge in [0.15, 0.2) is 0 Å². The molecule has 5 heteroatoms. The number of ether oxygens (including phenoxy) is 1. The minimum absolute atomic E-state index is 0.172. The lowest BCUT2D eigenvalue weighted by molar-refractivity contribution is -0.131. The number of carbonyl (C=O) groups excluding carboxylic acids is 1. The van der Waals surface area contributed by atoms with E-state index in [1.54, 1.807) is 7.11 Å². The van der Waals surface area contributed by atoms with Gasteiger partial charge in [0.2, 0.25) is 5.91 Å². The summed E-state index contributed by atoms with van der Waals surface area (Å²) in [6, 6.07) is 8.14. The average molecular weight is 339 g/mol. The summed E-state index contributed by atoms with van der Waals surface area (Å²) in [5.74, 6) is 2.33. The largest absolute Gasteiger partial charge is 0.497 e. The Balaban J connectivity index is 1.31. The van der Waals surface area contributed by atoms with Gasteiger partial charge >= 0.3 is 0 Å². The summed E-state index contributed by atoms with van der Waals surface area (Å²) in [4.78, 5) is 14.9. The van der Waals surface area contributed by atoms with Gasteiger partial charge in [0.05, 0.1) is 13.3 Å². The van der Waals surface area contributed by atoms with E-state index in [-0.39, 0.29) is 5.92 Å². The van der Waals surface area contributed by atoms with Crippen molar-refractivity contribution in [3.8, 4) is 5.75 Å². The van der Waals surface area contributed by atoms with E-state index in [0.29, 0.717) is 17.7 Å². The number of benzene rings is 1. The third-order valence-electron chi connectivity index (χ3n) is 5.53. The van der Waals surface area contributed by atoms with Crippen molar-refractivity contribution >= 4 is 5.91 Å². The molecule has 2 heterocycles. The molecule has 2 aliphatic rings. The Morgan fingerprint density at radius 2 is 2.12 bits per heavy atom. The number of hydrogen-bond donors (Lipinski definition) is 0. The summed E-state index contributed by atoms with van der Waals surface area (Å²) in [7, 11) is 3.62. The van der Waals surface area contributed by atoms with Gasteiger partial charge in [-0.3, -0.25) is 9.48 Å². The second-order valence-corrected chi connectivity index (χ2v) is 7.39. The highest BCUT2D eigenvalue weighted by Gasteiger charge is 2.46. The van der Waals surface area contributed by atoms with Gasteiger partial charge in [-0.2, -0.15) is 5.10 Å². The molecule has 1 aromatic heterocycles. The molecule has 0 radical (unpaired) electrons. The first-order valence-corrected chi connectivity index (χ1v) is 9.04. The third kappa shape index (κ3) is 3.41. The molecule has 0 spiro atoms. The number of carbonyl (C=O) groups is 1. The minimum atomic E-state index is 0.172. The van der Waals surface area contributed by atoms with Crippen LogP contribution in [0.3, 0.4) is 0 Å². The molecule has 2 fully saturated rings. The molecule has 3 atom stereocenters. The van der Waals surface area contributed by atoms with Gasteiger partial charge in [-0.15, -0.1) is 0 Å². The van der Waals surface area contributed by atoms with Crippen LogP contribution < -0.4 is 4.74 Å². The number of amides is 1. The number of aromatic nitrogens is 2. The third-order valence-corrected chi connectivity index (χ3v) is 5.53. The topological polar surface area (TPSA) is 47.4 Å². The summed E-state index contributed by atoms with van der Waals surface area (Å²) < 4.78 is 7.05. The Hall–Kier alpha value is -2.30. The lowest BCUT2D eigenvalue weighted by Crippen LogP contribution is -2.30. The van der Waals surface area contributed by atoms with E-state index in [1.165, 1.54) is 11.1 Å². The van der Waals surface area contributed by atoms with Gasteiger partial charge in [0.1, 0.15) is 5.75 Å². The molecule has 4 rings (SSSR count). The maximum atomic E-state index is 12.8. The van der Waals surface area contributed by atoms with Crippen LogP contribution in [0.15, 0.2) is 36.7 Å². The van der Waals surface area contributed by atoms with Crippen LogP contribution in [0.2, 0.25) is 0 Å². The Morgan fingerprint density at radius 1 is 1.32 bits per heavy atom. The number of aryl methyl sites for hydroxylation is 1. The highest BCUT2D eigenvalue weighted by atomic mass is 16.5. The SMILES string of the molecule is COc1ccc([C@@H]2C[C@H]2C(=O)N2CC[C@@H](Cc3cnn(C)c3)C2)cc1. The van der Waals surface area contributed by atoms with Crippen molar-refractivity contribution in [1.82, 2.24) is 14.7 Å². The first kappa shape index (κ1) is 16.2. The van der Waals surface area contributed by atoms with Gasteiger partial charge in [-0.05, 0) is 54.4 Å². The zero-order valence-corrected chi connectivity index (χ0v) is 14.9. The fourth-order valence-corrected chi connectivity index (χ4v) is 4.03. The van der Waals surface area contributed by atoms with Crippen molar-refractivity contribution < 1.29 is 9.53 Å². The minimum Gasteiger partial charge on any atom is -0.497 e. The van der Waals surface area contributed by atoms with Crippen LogP contribution in [0.5, 0.6) is 5.75 Å². The second kappa shape index (κ2) is 6.54. The smallest absolute Gasteiger partial charge is 0.226 e. The van der Waals surface area contributed by atoms with E-state index in [2.05, 4.69) is 28.3 Å². The van der Waals surface area contributed by atoms with Crippen LogP contribution in [-0.4, -0.2) is 40.8 Å². The molecule has 1 aliphatic carbocycles. The zero-order chi connectivity index (χ0) is 17.4. The summed E-state index contributed by atoms with van der Waals surface area (Å²) in [5.41, 5.74) is 2.52. The van der Waals surface area contributed by atoms with Gasteiger partial charge in [-0.25, -0.2) is 0 Å². The number of rotatable bonds is 5. The molecule has 5 nitrogen and oxygen atoms in total. The van der Waals surface area contributed by atoms with Crippen molar-refractivity contribution in [3.05, 3.63) is 47.8 Å². The van der Waals surface area contributed by atoms with E-state index in [1.807, 2.05) is 30.1 Å². The molecule has 0 N–H and O–H groups in total. The maximum absolute atomic E-state index is 12.8. The van der Waals surface area contributed by atoms with E-state index < -0.39 is 0 Å². The van der Waals surface area contributed by atoms with Crippen LogP contribution in [-0.2, 0) is 18.3 Å². The standard InChI is InChI=1S/C20H25N3O2/c1-22-12-15(11-21-22)9-14-7-8-23(13-14)20(24)19-10-18(19)16-3-5-17(25-2)6-4-16/h3-6,11-12,14,18-19H,7-10,13H2,1-2H3/t14-,18-,19+/m0/s1. The predicted molar refractivity (Wildman–Crippen MR) is 95.4 cm³/mol. The number of hydrogen-bond acceptors (Lipinski definition) is 3.